The molecular weight excluding hydrogens is 304 g/mol. The highest BCUT2D eigenvalue weighted by molar-refractivity contribution is 5.79. The van der Waals surface area contributed by atoms with Crippen LogP contribution in [-0.4, -0.2) is 56.5 Å². The third kappa shape index (κ3) is 2.98. The van der Waals surface area contributed by atoms with Crippen molar-refractivity contribution in [3.63, 3.8) is 0 Å². The molecule has 0 saturated carbocycles. The topological polar surface area (TPSA) is 67.2 Å². The number of hydrogen-bond donors (Lipinski definition) is 0. The van der Waals surface area contributed by atoms with Crippen LogP contribution in [0.1, 0.15) is 25.7 Å². The molecule has 7 nitrogen and oxygen atoms in total. The SMILES string of the molecule is O=C(C1CCN(c2cc(-n3ccnc3)ncn2)CC1)N1CCCC1. The van der Waals surface area contributed by atoms with Gasteiger partial charge in [0.15, 0.2) is 0 Å². The summed E-state index contributed by atoms with van der Waals surface area (Å²) in [5.41, 5.74) is 0. The van der Waals surface area contributed by atoms with E-state index in [1.165, 1.54) is 0 Å². The van der Waals surface area contributed by atoms with E-state index >= 15 is 0 Å². The Hall–Kier alpha value is -2.44. The van der Waals surface area contributed by atoms with E-state index in [9.17, 15) is 4.79 Å². The smallest absolute Gasteiger partial charge is 0.225 e. The van der Waals surface area contributed by atoms with Crippen LogP contribution in [0.2, 0.25) is 0 Å². The molecule has 0 spiro atoms. The molecule has 0 bridgehead atoms. The Morgan fingerprint density at radius 3 is 2.50 bits per heavy atom. The molecule has 24 heavy (non-hydrogen) atoms. The van der Waals surface area contributed by atoms with Gasteiger partial charge in [-0.2, -0.15) is 0 Å². The molecule has 4 rings (SSSR count). The summed E-state index contributed by atoms with van der Waals surface area (Å²) in [6.07, 6.45) is 11.0. The van der Waals surface area contributed by atoms with Crippen LogP contribution in [-0.2, 0) is 4.79 Å². The van der Waals surface area contributed by atoms with Gasteiger partial charge in [-0.05, 0) is 25.7 Å². The molecule has 0 atom stereocenters. The van der Waals surface area contributed by atoms with Gasteiger partial charge in [-0.15, -0.1) is 0 Å². The first kappa shape index (κ1) is 15.1. The van der Waals surface area contributed by atoms with Crippen molar-refractivity contribution in [3.05, 3.63) is 31.1 Å². The number of likely N-dealkylation sites (tertiary alicyclic amines) is 1. The predicted octanol–water partition coefficient (Wildman–Crippen LogP) is 1.50. The van der Waals surface area contributed by atoms with Crippen molar-refractivity contribution in [3.8, 4) is 5.82 Å². The molecule has 4 heterocycles. The van der Waals surface area contributed by atoms with Gasteiger partial charge >= 0.3 is 0 Å². The zero-order valence-corrected chi connectivity index (χ0v) is 13.7. The highest BCUT2D eigenvalue weighted by Crippen LogP contribution is 2.25. The third-order valence-corrected chi connectivity index (χ3v) is 4.99. The molecule has 0 aliphatic carbocycles. The second kappa shape index (κ2) is 6.59. The van der Waals surface area contributed by atoms with Gasteiger partial charge in [0.2, 0.25) is 5.91 Å². The summed E-state index contributed by atoms with van der Waals surface area (Å²) in [7, 11) is 0. The van der Waals surface area contributed by atoms with Gasteiger partial charge in [0, 0.05) is 50.6 Å². The molecule has 2 aliphatic heterocycles. The number of rotatable bonds is 3. The van der Waals surface area contributed by atoms with Crippen molar-refractivity contribution in [1.82, 2.24) is 24.4 Å². The lowest BCUT2D eigenvalue weighted by atomic mass is 9.95. The van der Waals surface area contributed by atoms with Crippen LogP contribution in [0.4, 0.5) is 5.82 Å². The van der Waals surface area contributed by atoms with Gasteiger partial charge in [0.25, 0.3) is 0 Å². The van der Waals surface area contributed by atoms with Crippen molar-refractivity contribution in [2.75, 3.05) is 31.1 Å². The first-order valence-corrected chi connectivity index (χ1v) is 8.65. The molecule has 0 unspecified atom stereocenters. The average Bonchev–Trinajstić information content (AvgIpc) is 3.35. The number of anilines is 1. The van der Waals surface area contributed by atoms with E-state index in [0.29, 0.717) is 5.91 Å². The van der Waals surface area contributed by atoms with Crippen LogP contribution in [0.15, 0.2) is 31.1 Å². The highest BCUT2D eigenvalue weighted by Gasteiger charge is 2.30. The summed E-state index contributed by atoms with van der Waals surface area (Å²) in [6.45, 7) is 3.62. The van der Waals surface area contributed by atoms with Crippen molar-refractivity contribution < 1.29 is 4.79 Å². The van der Waals surface area contributed by atoms with E-state index in [1.807, 2.05) is 21.7 Å². The van der Waals surface area contributed by atoms with Gasteiger partial charge < -0.3 is 9.80 Å². The predicted molar refractivity (Wildman–Crippen MR) is 89.9 cm³/mol. The summed E-state index contributed by atoms with van der Waals surface area (Å²) >= 11 is 0. The number of piperidine rings is 1. The molecule has 2 aliphatic rings. The number of amides is 1. The third-order valence-electron chi connectivity index (χ3n) is 4.99. The monoisotopic (exact) mass is 326 g/mol. The van der Waals surface area contributed by atoms with E-state index in [2.05, 4.69) is 19.9 Å². The maximum absolute atomic E-state index is 12.5. The minimum atomic E-state index is 0.175. The first-order chi connectivity index (χ1) is 11.8. The molecule has 2 aromatic heterocycles. The summed E-state index contributed by atoms with van der Waals surface area (Å²) in [5, 5.41) is 0. The molecule has 126 valence electrons. The standard InChI is InChI=1S/C17H22N6O/c24-17(22-6-1-2-7-22)14-3-8-21(9-4-14)15-11-16(20-12-19-15)23-10-5-18-13-23/h5,10-14H,1-4,6-9H2. The van der Waals surface area contributed by atoms with E-state index in [-0.39, 0.29) is 5.92 Å². The fourth-order valence-corrected chi connectivity index (χ4v) is 3.60. The van der Waals surface area contributed by atoms with Gasteiger partial charge in [-0.25, -0.2) is 15.0 Å². The quantitative estimate of drug-likeness (QED) is 0.855. The Kier molecular flexibility index (Phi) is 4.15. The Morgan fingerprint density at radius 1 is 1.04 bits per heavy atom. The van der Waals surface area contributed by atoms with Crippen LogP contribution in [0.5, 0.6) is 0 Å². The first-order valence-electron chi connectivity index (χ1n) is 8.65. The second-order valence-corrected chi connectivity index (χ2v) is 6.50. The number of aromatic nitrogens is 4. The van der Waals surface area contributed by atoms with Crippen molar-refractivity contribution in [1.29, 1.82) is 0 Å². The largest absolute Gasteiger partial charge is 0.356 e. The maximum atomic E-state index is 12.5. The zero-order chi connectivity index (χ0) is 16.4. The molecule has 0 N–H and O–H groups in total. The van der Waals surface area contributed by atoms with Gasteiger partial charge in [-0.1, -0.05) is 0 Å². The van der Waals surface area contributed by atoms with Crippen LogP contribution >= 0.6 is 0 Å². The molecule has 0 aromatic carbocycles. The lowest BCUT2D eigenvalue weighted by Crippen LogP contribution is -2.42. The molecular formula is C17H22N6O. The Morgan fingerprint density at radius 2 is 1.79 bits per heavy atom. The minimum absolute atomic E-state index is 0.175. The molecule has 7 heteroatoms. The number of carbonyl (C=O) groups excluding carboxylic acids is 1. The van der Waals surface area contributed by atoms with E-state index in [1.54, 1.807) is 18.9 Å². The van der Waals surface area contributed by atoms with Crippen LogP contribution in [0, 0.1) is 5.92 Å². The Bertz CT molecular complexity index is 687. The van der Waals surface area contributed by atoms with Crippen molar-refractivity contribution in [2.45, 2.75) is 25.7 Å². The normalized spacial score (nSPS) is 19.0. The van der Waals surface area contributed by atoms with E-state index in [0.717, 1.165) is 63.5 Å². The number of carbonyl (C=O) groups is 1. The molecule has 1 amide bonds. The van der Waals surface area contributed by atoms with Crippen molar-refractivity contribution in [2.24, 2.45) is 5.92 Å². The fourth-order valence-electron chi connectivity index (χ4n) is 3.60. The van der Waals surface area contributed by atoms with Gasteiger partial charge in [0.1, 0.15) is 24.3 Å². The molecule has 2 fully saturated rings. The summed E-state index contributed by atoms with van der Waals surface area (Å²) in [6, 6.07) is 1.98. The van der Waals surface area contributed by atoms with E-state index < -0.39 is 0 Å². The maximum Gasteiger partial charge on any atom is 0.225 e. The minimum Gasteiger partial charge on any atom is -0.356 e. The van der Waals surface area contributed by atoms with E-state index in [4.69, 9.17) is 0 Å². The van der Waals surface area contributed by atoms with Gasteiger partial charge in [-0.3, -0.25) is 9.36 Å². The molecule has 2 aromatic rings. The number of imidazole rings is 1. The Labute approximate surface area is 141 Å². The summed E-state index contributed by atoms with van der Waals surface area (Å²) in [4.78, 5) is 29.6. The zero-order valence-electron chi connectivity index (χ0n) is 13.7. The molecule has 2 saturated heterocycles. The van der Waals surface area contributed by atoms with Gasteiger partial charge in [0.05, 0.1) is 0 Å². The fraction of sp³-hybridized carbons (Fsp3) is 0.529. The van der Waals surface area contributed by atoms with Crippen LogP contribution < -0.4 is 4.90 Å². The lowest BCUT2D eigenvalue weighted by molar-refractivity contribution is -0.135. The lowest BCUT2D eigenvalue weighted by Gasteiger charge is -2.33. The summed E-state index contributed by atoms with van der Waals surface area (Å²) in [5.74, 6) is 2.26. The van der Waals surface area contributed by atoms with Crippen LogP contribution in [0.3, 0.4) is 0 Å². The average molecular weight is 326 g/mol. The number of nitrogens with zero attached hydrogens (tertiary/aromatic N) is 6. The summed E-state index contributed by atoms with van der Waals surface area (Å²) < 4.78 is 1.87. The highest BCUT2D eigenvalue weighted by atomic mass is 16.2. The number of hydrogen-bond acceptors (Lipinski definition) is 5. The second-order valence-electron chi connectivity index (χ2n) is 6.50. The van der Waals surface area contributed by atoms with Crippen LogP contribution in [0.25, 0.3) is 5.82 Å². The Balaban J connectivity index is 1.41. The molecule has 0 radical (unpaired) electrons. The van der Waals surface area contributed by atoms with Crippen molar-refractivity contribution >= 4 is 11.7 Å².